The summed E-state index contributed by atoms with van der Waals surface area (Å²) in [7, 11) is 0. The van der Waals surface area contributed by atoms with Crippen molar-refractivity contribution in [2.75, 3.05) is 13.1 Å². The van der Waals surface area contributed by atoms with Crippen LogP contribution in [0.4, 0.5) is 0 Å². The van der Waals surface area contributed by atoms with Crippen molar-refractivity contribution in [1.29, 1.82) is 0 Å². The Bertz CT molecular complexity index is 402. The molecule has 2 rings (SSSR count). The average Bonchev–Trinajstić information content (AvgIpc) is 2.83. The van der Waals surface area contributed by atoms with Gasteiger partial charge in [0.25, 0.3) is 0 Å². The Morgan fingerprint density at radius 2 is 1.95 bits per heavy atom. The summed E-state index contributed by atoms with van der Waals surface area (Å²) in [6.45, 7) is 6.51. The quantitative estimate of drug-likeness (QED) is 0.680. The summed E-state index contributed by atoms with van der Waals surface area (Å²) in [5, 5.41) is 3.54. The molecular weight excluding hydrogens is 246 g/mol. The molecule has 1 heterocycles. The van der Waals surface area contributed by atoms with Crippen LogP contribution in [0.3, 0.4) is 0 Å². The van der Waals surface area contributed by atoms with Crippen molar-refractivity contribution < 1.29 is 4.74 Å². The van der Waals surface area contributed by atoms with Crippen LogP contribution in [0, 0.1) is 6.92 Å². The van der Waals surface area contributed by atoms with Crippen LogP contribution >= 0.6 is 0 Å². The molecule has 0 aromatic heterocycles. The number of aryl methyl sites for hydroxylation is 1. The molecule has 1 atom stereocenters. The maximum Gasteiger partial charge on any atom is 0.123 e. The monoisotopic (exact) mass is 275 g/mol. The second-order valence-corrected chi connectivity index (χ2v) is 6.03. The molecule has 112 valence electrons. The zero-order valence-electron chi connectivity index (χ0n) is 13.1. The van der Waals surface area contributed by atoms with Crippen molar-refractivity contribution in [3.8, 4) is 5.75 Å². The van der Waals surface area contributed by atoms with Gasteiger partial charge in [0.2, 0.25) is 0 Å². The highest BCUT2D eigenvalue weighted by Gasteiger charge is 2.21. The zero-order chi connectivity index (χ0) is 14.2. The second kappa shape index (κ2) is 8.31. The molecule has 0 fully saturated rings. The Morgan fingerprint density at radius 3 is 2.80 bits per heavy atom. The van der Waals surface area contributed by atoms with Crippen LogP contribution < -0.4 is 10.1 Å². The van der Waals surface area contributed by atoms with E-state index in [0.717, 1.165) is 25.3 Å². The normalized spacial score (nSPS) is 17.0. The highest BCUT2D eigenvalue weighted by molar-refractivity contribution is 5.40. The molecule has 1 N–H and O–H groups in total. The number of fused-ring (bicyclic) bond motifs is 1. The number of ether oxygens (including phenoxy) is 1. The van der Waals surface area contributed by atoms with Crippen LogP contribution in [0.15, 0.2) is 18.2 Å². The number of nitrogens with one attached hydrogen (secondary N) is 1. The molecule has 0 bridgehead atoms. The third-order valence-electron chi connectivity index (χ3n) is 4.04. The van der Waals surface area contributed by atoms with Gasteiger partial charge in [0.15, 0.2) is 0 Å². The van der Waals surface area contributed by atoms with E-state index in [1.165, 1.54) is 49.7 Å². The lowest BCUT2D eigenvalue weighted by atomic mass is 10.1. The maximum atomic E-state index is 5.96. The summed E-state index contributed by atoms with van der Waals surface area (Å²) in [5.74, 6) is 1.09. The summed E-state index contributed by atoms with van der Waals surface area (Å²) in [6, 6.07) is 6.49. The Morgan fingerprint density at radius 1 is 1.15 bits per heavy atom. The molecule has 0 spiro atoms. The molecule has 1 aromatic carbocycles. The van der Waals surface area contributed by atoms with Crippen LogP contribution in [0.5, 0.6) is 5.75 Å². The summed E-state index contributed by atoms with van der Waals surface area (Å²) >= 11 is 0. The van der Waals surface area contributed by atoms with Gasteiger partial charge >= 0.3 is 0 Å². The standard InChI is InChI=1S/C18H29NO/c1-3-4-5-6-7-8-11-19-14-17-13-16-12-15(2)9-10-18(16)20-17/h9-10,12,17,19H,3-8,11,13-14H2,1-2H3. The summed E-state index contributed by atoms with van der Waals surface area (Å²) < 4.78 is 5.96. The van der Waals surface area contributed by atoms with Crippen molar-refractivity contribution in [1.82, 2.24) is 5.32 Å². The van der Waals surface area contributed by atoms with Gasteiger partial charge in [-0.15, -0.1) is 0 Å². The minimum atomic E-state index is 0.326. The van der Waals surface area contributed by atoms with Crippen LogP contribution in [0.2, 0.25) is 0 Å². The lowest BCUT2D eigenvalue weighted by Crippen LogP contribution is -2.30. The average molecular weight is 275 g/mol. The fourth-order valence-corrected chi connectivity index (χ4v) is 2.86. The first-order chi connectivity index (χ1) is 9.79. The van der Waals surface area contributed by atoms with Crippen LogP contribution in [-0.4, -0.2) is 19.2 Å². The van der Waals surface area contributed by atoms with Crippen LogP contribution in [-0.2, 0) is 6.42 Å². The van der Waals surface area contributed by atoms with Gasteiger partial charge in [0.1, 0.15) is 11.9 Å². The van der Waals surface area contributed by atoms with Crippen molar-refractivity contribution in [2.45, 2.75) is 64.9 Å². The predicted molar refractivity (Wildman–Crippen MR) is 85.5 cm³/mol. The first kappa shape index (κ1) is 15.4. The molecule has 1 aliphatic rings. The van der Waals surface area contributed by atoms with Gasteiger partial charge in [0, 0.05) is 13.0 Å². The molecule has 0 amide bonds. The fourth-order valence-electron chi connectivity index (χ4n) is 2.86. The van der Waals surface area contributed by atoms with Crippen molar-refractivity contribution in [2.24, 2.45) is 0 Å². The minimum Gasteiger partial charge on any atom is -0.488 e. The molecule has 0 saturated heterocycles. The Kier molecular flexibility index (Phi) is 6.38. The third-order valence-corrected chi connectivity index (χ3v) is 4.04. The molecule has 2 heteroatoms. The van der Waals surface area contributed by atoms with Gasteiger partial charge in [0.05, 0.1) is 0 Å². The third kappa shape index (κ3) is 4.82. The first-order valence-electron chi connectivity index (χ1n) is 8.26. The number of rotatable bonds is 9. The van der Waals surface area contributed by atoms with Crippen molar-refractivity contribution >= 4 is 0 Å². The largest absolute Gasteiger partial charge is 0.488 e. The van der Waals surface area contributed by atoms with Gasteiger partial charge < -0.3 is 10.1 Å². The van der Waals surface area contributed by atoms with Gasteiger partial charge in [-0.3, -0.25) is 0 Å². The maximum absolute atomic E-state index is 5.96. The fraction of sp³-hybridized carbons (Fsp3) is 0.667. The minimum absolute atomic E-state index is 0.326. The van der Waals surface area contributed by atoms with E-state index in [9.17, 15) is 0 Å². The zero-order valence-corrected chi connectivity index (χ0v) is 13.1. The molecule has 1 aliphatic heterocycles. The van der Waals surface area contributed by atoms with E-state index < -0.39 is 0 Å². The van der Waals surface area contributed by atoms with E-state index in [0.29, 0.717) is 6.10 Å². The Balaban J connectivity index is 1.54. The molecular formula is C18H29NO. The van der Waals surface area contributed by atoms with Gasteiger partial charge in [-0.05, 0) is 31.5 Å². The van der Waals surface area contributed by atoms with Gasteiger partial charge in [-0.1, -0.05) is 56.7 Å². The lowest BCUT2D eigenvalue weighted by Gasteiger charge is -2.11. The van der Waals surface area contributed by atoms with E-state index in [-0.39, 0.29) is 0 Å². The number of unbranched alkanes of at least 4 members (excludes halogenated alkanes) is 5. The van der Waals surface area contributed by atoms with Gasteiger partial charge in [-0.25, -0.2) is 0 Å². The molecule has 0 radical (unpaired) electrons. The molecule has 20 heavy (non-hydrogen) atoms. The molecule has 1 aromatic rings. The highest BCUT2D eigenvalue weighted by Crippen LogP contribution is 2.29. The smallest absolute Gasteiger partial charge is 0.123 e. The number of hydrogen-bond donors (Lipinski definition) is 1. The van der Waals surface area contributed by atoms with E-state index in [1.54, 1.807) is 0 Å². The topological polar surface area (TPSA) is 21.3 Å². The van der Waals surface area contributed by atoms with Crippen molar-refractivity contribution in [3.05, 3.63) is 29.3 Å². The van der Waals surface area contributed by atoms with E-state index in [4.69, 9.17) is 4.74 Å². The van der Waals surface area contributed by atoms with E-state index >= 15 is 0 Å². The molecule has 2 nitrogen and oxygen atoms in total. The first-order valence-corrected chi connectivity index (χ1v) is 8.26. The van der Waals surface area contributed by atoms with Crippen molar-refractivity contribution in [3.63, 3.8) is 0 Å². The lowest BCUT2D eigenvalue weighted by molar-refractivity contribution is 0.227. The number of hydrogen-bond acceptors (Lipinski definition) is 2. The summed E-state index contributed by atoms with van der Waals surface area (Å²) in [4.78, 5) is 0. The molecule has 0 aliphatic carbocycles. The molecule has 0 saturated carbocycles. The highest BCUT2D eigenvalue weighted by atomic mass is 16.5. The van der Waals surface area contributed by atoms with E-state index in [1.807, 2.05) is 0 Å². The van der Waals surface area contributed by atoms with Crippen LogP contribution in [0.1, 0.15) is 56.6 Å². The second-order valence-electron chi connectivity index (χ2n) is 6.03. The van der Waals surface area contributed by atoms with Gasteiger partial charge in [-0.2, -0.15) is 0 Å². The predicted octanol–water partition coefficient (Wildman–Crippen LogP) is 4.25. The molecule has 1 unspecified atom stereocenters. The summed E-state index contributed by atoms with van der Waals surface area (Å²) in [6.07, 6.45) is 9.54. The van der Waals surface area contributed by atoms with E-state index in [2.05, 4.69) is 37.4 Å². The Labute approximate surface area is 123 Å². The summed E-state index contributed by atoms with van der Waals surface area (Å²) in [5.41, 5.74) is 2.70. The number of benzene rings is 1. The SMILES string of the molecule is CCCCCCCCNCC1Cc2cc(C)ccc2O1. The Hall–Kier alpha value is -1.02. The van der Waals surface area contributed by atoms with Crippen LogP contribution in [0.25, 0.3) is 0 Å².